The monoisotopic (exact) mass is 465 g/mol. The van der Waals surface area contributed by atoms with Crippen molar-refractivity contribution >= 4 is 39.6 Å². The maximum Gasteiger partial charge on any atom is 0.301 e. The molecular formula is C23H19N3O6S. The van der Waals surface area contributed by atoms with E-state index in [1.807, 2.05) is 6.92 Å². The zero-order valence-corrected chi connectivity index (χ0v) is 18.3. The van der Waals surface area contributed by atoms with E-state index in [9.17, 15) is 24.8 Å². The van der Waals surface area contributed by atoms with E-state index in [4.69, 9.17) is 4.74 Å². The number of anilines is 1. The minimum atomic E-state index is -1.08. The Labute approximate surface area is 192 Å². The van der Waals surface area contributed by atoms with Crippen LogP contribution in [0.15, 0.2) is 65.7 Å². The fourth-order valence-corrected chi connectivity index (χ4v) is 4.24. The Morgan fingerprint density at radius 2 is 2.00 bits per heavy atom. The van der Waals surface area contributed by atoms with E-state index in [1.165, 1.54) is 24.4 Å². The summed E-state index contributed by atoms with van der Waals surface area (Å²) in [6.07, 6.45) is 2.32. The van der Waals surface area contributed by atoms with Crippen LogP contribution in [0.2, 0.25) is 0 Å². The number of aliphatic hydroxyl groups is 1. The molecule has 1 N–H and O–H groups in total. The van der Waals surface area contributed by atoms with Gasteiger partial charge in [0.05, 0.1) is 23.1 Å². The van der Waals surface area contributed by atoms with Gasteiger partial charge >= 0.3 is 5.91 Å². The number of ketones is 1. The number of nitro groups is 1. The van der Waals surface area contributed by atoms with Crippen molar-refractivity contribution < 1.29 is 24.4 Å². The second-order valence-corrected chi connectivity index (χ2v) is 8.08. The molecule has 168 valence electrons. The van der Waals surface area contributed by atoms with Crippen LogP contribution < -0.4 is 9.64 Å². The lowest BCUT2D eigenvalue weighted by Crippen LogP contribution is -2.29. The van der Waals surface area contributed by atoms with Crippen molar-refractivity contribution in [2.45, 2.75) is 19.4 Å². The van der Waals surface area contributed by atoms with Crippen LogP contribution in [0.4, 0.5) is 10.8 Å². The van der Waals surface area contributed by atoms with Gasteiger partial charge in [0.1, 0.15) is 11.5 Å². The Bertz CT molecular complexity index is 1240. The Kier molecular flexibility index (Phi) is 6.18. The van der Waals surface area contributed by atoms with Crippen LogP contribution in [0.25, 0.3) is 5.76 Å². The molecule has 0 aliphatic carbocycles. The summed E-state index contributed by atoms with van der Waals surface area (Å²) in [4.78, 5) is 42.1. The topological polar surface area (TPSA) is 123 Å². The molecule has 4 rings (SSSR count). The number of aliphatic hydroxyl groups excluding tert-OH is 1. The molecule has 1 amide bonds. The van der Waals surface area contributed by atoms with Gasteiger partial charge in [-0.05, 0) is 36.2 Å². The zero-order valence-electron chi connectivity index (χ0n) is 17.5. The summed E-state index contributed by atoms with van der Waals surface area (Å²) in [7, 11) is 0. The molecule has 2 heterocycles. The number of non-ortho nitro benzene ring substituents is 1. The van der Waals surface area contributed by atoms with Crippen LogP contribution in [0.3, 0.4) is 0 Å². The molecule has 1 saturated heterocycles. The van der Waals surface area contributed by atoms with Gasteiger partial charge < -0.3 is 9.84 Å². The van der Waals surface area contributed by atoms with Gasteiger partial charge in [-0.25, -0.2) is 4.98 Å². The van der Waals surface area contributed by atoms with Crippen LogP contribution in [0, 0.1) is 10.1 Å². The molecule has 1 unspecified atom stereocenters. The van der Waals surface area contributed by atoms with E-state index >= 15 is 0 Å². The molecule has 33 heavy (non-hydrogen) atoms. The van der Waals surface area contributed by atoms with Crippen LogP contribution in [0.1, 0.15) is 30.5 Å². The number of Topliss-reactive ketones (excluding diaryl/α,β-unsaturated/α-hetero) is 1. The number of benzene rings is 2. The number of hydrogen-bond donors (Lipinski definition) is 1. The number of aromatic nitrogens is 1. The summed E-state index contributed by atoms with van der Waals surface area (Å²) < 4.78 is 5.55. The lowest BCUT2D eigenvalue weighted by atomic mass is 9.95. The zero-order chi connectivity index (χ0) is 23.5. The van der Waals surface area contributed by atoms with E-state index in [2.05, 4.69) is 4.98 Å². The fourth-order valence-electron chi connectivity index (χ4n) is 3.57. The Balaban J connectivity index is 1.85. The van der Waals surface area contributed by atoms with Crippen LogP contribution in [-0.4, -0.2) is 33.3 Å². The first-order valence-corrected chi connectivity index (χ1v) is 11.0. The van der Waals surface area contributed by atoms with Gasteiger partial charge in [0.2, 0.25) is 0 Å². The number of ether oxygens (including phenoxy) is 1. The van der Waals surface area contributed by atoms with Gasteiger partial charge in [-0.1, -0.05) is 19.1 Å². The molecule has 0 saturated carbocycles. The standard InChI is InChI=1S/C23H19N3O6S/c1-2-11-32-17-8-6-14(7-9-17)20(27)18-19(15-4-3-5-16(13-15)26(30)31)25(22(29)21(18)28)23-24-10-12-33-23/h3-10,12-13,19,27H,2,11H2,1H3/b20-18+. The first kappa shape index (κ1) is 22.2. The number of rotatable bonds is 7. The number of amides is 1. The van der Waals surface area contributed by atoms with Crippen LogP contribution >= 0.6 is 11.3 Å². The molecule has 9 nitrogen and oxygen atoms in total. The summed E-state index contributed by atoms with van der Waals surface area (Å²) in [6.45, 7) is 2.52. The van der Waals surface area contributed by atoms with Gasteiger partial charge in [-0.2, -0.15) is 0 Å². The predicted octanol–water partition coefficient (Wildman–Crippen LogP) is 4.47. The van der Waals surface area contributed by atoms with Crippen molar-refractivity contribution in [3.63, 3.8) is 0 Å². The third-order valence-electron chi connectivity index (χ3n) is 5.07. The number of carbonyl (C=O) groups excluding carboxylic acids is 2. The lowest BCUT2D eigenvalue weighted by molar-refractivity contribution is -0.384. The minimum Gasteiger partial charge on any atom is -0.507 e. The molecule has 1 aliphatic heterocycles. The molecule has 0 radical (unpaired) electrons. The number of carbonyl (C=O) groups is 2. The maximum atomic E-state index is 13.0. The highest BCUT2D eigenvalue weighted by molar-refractivity contribution is 7.14. The summed E-state index contributed by atoms with van der Waals surface area (Å²) in [6, 6.07) is 11.0. The number of nitro benzene ring substituents is 1. The maximum absolute atomic E-state index is 13.0. The molecule has 1 atom stereocenters. The smallest absolute Gasteiger partial charge is 0.301 e. The summed E-state index contributed by atoms with van der Waals surface area (Å²) in [5.74, 6) is -1.55. The van der Waals surface area contributed by atoms with Crippen molar-refractivity contribution in [2.24, 2.45) is 0 Å². The van der Waals surface area contributed by atoms with Gasteiger partial charge in [0, 0.05) is 29.3 Å². The van der Waals surface area contributed by atoms with Crippen molar-refractivity contribution in [2.75, 3.05) is 11.5 Å². The Morgan fingerprint density at radius 3 is 2.64 bits per heavy atom. The van der Waals surface area contributed by atoms with Crippen molar-refractivity contribution in [3.05, 3.63) is 86.9 Å². The molecular weight excluding hydrogens is 446 g/mol. The molecule has 1 aliphatic rings. The molecule has 10 heteroatoms. The third-order valence-corrected chi connectivity index (χ3v) is 5.84. The minimum absolute atomic E-state index is 0.169. The highest BCUT2D eigenvalue weighted by atomic mass is 32.1. The summed E-state index contributed by atoms with van der Waals surface area (Å²) in [5, 5.41) is 24.3. The van der Waals surface area contributed by atoms with Crippen molar-refractivity contribution in [1.29, 1.82) is 0 Å². The average Bonchev–Trinajstić information content (AvgIpc) is 3.44. The van der Waals surface area contributed by atoms with Crippen LogP contribution in [-0.2, 0) is 9.59 Å². The first-order chi connectivity index (χ1) is 15.9. The number of thiazole rings is 1. The van der Waals surface area contributed by atoms with Gasteiger partial charge in [0.15, 0.2) is 5.13 Å². The Hall–Kier alpha value is -4.05. The number of hydrogen-bond acceptors (Lipinski definition) is 8. The van der Waals surface area contributed by atoms with E-state index in [0.717, 1.165) is 22.7 Å². The third kappa shape index (κ3) is 4.20. The molecule has 0 spiro atoms. The van der Waals surface area contributed by atoms with Gasteiger partial charge in [-0.3, -0.25) is 24.6 Å². The lowest BCUT2D eigenvalue weighted by Gasteiger charge is -2.22. The van der Waals surface area contributed by atoms with Crippen LogP contribution in [0.5, 0.6) is 5.75 Å². The average molecular weight is 465 g/mol. The largest absolute Gasteiger partial charge is 0.507 e. The normalized spacial score (nSPS) is 17.4. The molecule has 2 aromatic carbocycles. The van der Waals surface area contributed by atoms with Gasteiger partial charge in [0.25, 0.3) is 11.5 Å². The SMILES string of the molecule is CCCOc1ccc(/C(O)=C2\C(=O)C(=O)N(c3nccs3)C2c2cccc([N+](=O)[O-])c2)cc1. The highest BCUT2D eigenvalue weighted by Crippen LogP contribution is 2.43. The second kappa shape index (κ2) is 9.21. The predicted molar refractivity (Wildman–Crippen MR) is 122 cm³/mol. The van der Waals surface area contributed by atoms with Crippen molar-refractivity contribution in [1.82, 2.24) is 4.98 Å². The van der Waals surface area contributed by atoms with E-state index in [0.29, 0.717) is 23.5 Å². The molecule has 1 fully saturated rings. The highest BCUT2D eigenvalue weighted by Gasteiger charge is 2.48. The molecule has 0 bridgehead atoms. The second-order valence-electron chi connectivity index (χ2n) is 7.21. The van der Waals surface area contributed by atoms with E-state index < -0.39 is 22.7 Å². The summed E-state index contributed by atoms with van der Waals surface area (Å²) >= 11 is 1.14. The van der Waals surface area contributed by atoms with E-state index in [-0.39, 0.29) is 22.2 Å². The number of nitrogens with zero attached hydrogens (tertiary/aromatic N) is 3. The molecule has 3 aromatic rings. The fraction of sp³-hybridized carbons (Fsp3) is 0.174. The van der Waals surface area contributed by atoms with Gasteiger partial charge in [-0.15, -0.1) is 11.3 Å². The molecule has 1 aromatic heterocycles. The Morgan fingerprint density at radius 1 is 1.24 bits per heavy atom. The van der Waals surface area contributed by atoms with E-state index in [1.54, 1.807) is 35.7 Å². The quantitative estimate of drug-likeness (QED) is 0.180. The van der Waals surface area contributed by atoms with Crippen molar-refractivity contribution in [3.8, 4) is 5.75 Å². The summed E-state index contributed by atoms with van der Waals surface area (Å²) in [5.41, 5.74) is 0.252. The first-order valence-electron chi connectivity index (χ1n) is 10.1.